The van der Waals surface area contributed by atoms with Gasteiger partial charge >= 0.3 is 1.43 Å². The summed E-state index contributed by atoms with van der Waals surface area (Å²) in [7, 11) is 1.00. The van der Waals surface area contributed by atoms with Gasteiger partial charge < -0.3 is 19.7 Å². The van der Waals surface area contributed by atoms with Gasteiger partial charge in [0, 0.05) is 18.2 Å². The normalized spacial score (nSPS) is 11.8. The largest absolute Gasteiger partial charge is 1.00 e. The quantitative estimate of drug-likeness (QED) is 0.152. The molecular formula is C47H47O4+. The van der Waals surface area contributed by atoms with E-state index >= 15 is 0 Å². The van der Waals surface area contributed by atoms with Crippen molar-refractivity contribution in [2.45, 2.75) is 26.4 Å². The summed E-state index contributed by atoms with van der Waals surface area (Å²) in [6.07, 6.45) is 8.06. The fraction of sp³-hybridized carbons (Fsp3) is 0.106. The second-order valence-electron chi connectivity index (χ2n) is 11.6. The van der Waals surface area contributed by atoms with E-state index in [0.717, 1.165) is 69.1 Å². The number of benzene rings is 6. The minimum atomic E-state index is -1.04. The van der Waals surface area contributed by atoms with Crippen LogP contribution in [-0.4, -0.2) is 17.3 Å². The average molecular weight is 676 g/mol. The Balaban J connectivity index is 0.000000263. The molecular weight excluding hydrogens is 629 g/mol. The van der Waals surface area contributed by atoms with E-state index in [-0.39, 0.29) is 1.43 Å². The molecule has 0 saturated heterocycles. The van der Waals surface area contributed by atoms with Crippen LogP contribution < -0.4 is 9.47 Å². The zero-order valence-electron chi connectivity index (χ0n) is 30.7. The van der Waals surface area contributed by atoms with E-state index < -0.39 is 5.60 Å². The van der Waals surface area contributed by atoms with Crippen LogP contribution in [0.25, 0.3) is 17.7 Å². The van der Waals surface area contributed by atoms with Crippen molar-refractivity contribution in [2.75, 3.05) is 7.11 Å². The monoisotopic (exact) mass is 675 g/mol. The molecule has 4 nitrogen and oxygen atoms in total. The fourth-order valence-electron chi connectivity index (χ4n) is 5.34. The summed E-state index contributed by atoms with van der Waals surface area (Å²) in [4.78, 5) is 0. The first kappa shape index (κ1) is 37.9. The minimum absolute atomic E-state index is 0. The number of aliphatic hydroxyl groups excluding tert-OH is 1. The summed E-state index contributed by atoms with van der Waals surface area (Å²) in [5.41, 5.74) is 5.98. The predicted octanol–water partition coefficient (Wildman–Crippen LogP) is 12.1. The van der Waals surface area contributed by atoms with Gasteiger partial charge in [-0.1, -0.05) is 152 Å². The highest BCUT2D eigenvalue weighted by Crippen LogP contribution is 2.32. The fourth-order valence-corrected chi connectivity index (χ4v) is 5.34. The van der Waals surface area contributed by atoms with Crippen molar-refractivity contribution in [1.82, 2.24) is 0 Å². The summed E-state index contributed by atoms with van der Waals surface area (Å²) < 4.78 is 12.0. The third-order valence-electron chi connectivity index (χ3n) is 8.06. The highest BCUT2D eigenvalue weighted by Gasteiger charge is 2.25. The van der Waals surface area contributed by atoms with E-state index in [1.165, 1.54) is 0 Å². The number of hydrogen-bond acceptors (Lipinski definition) is 4. The topological polar surface area (TPSA) is 58.9 Å². The summed E-state index contributed by atoms with van der Waals surface area (Å²) in [6.45, 7) is 9.99. The Labute approximate surface area is 304 Å². The first-order valence-corrected chi connectivity index (χ1v) is 16.9. The van der Waals surface area contributed by atoms with Crippen LogP contribution in [-0.2, 0) is 5.60 Å². The van der Waals surface area contributed by atoms with Crippen LogP contribution in [0.2, 0.25) is 0 Å². The van der Waals surface area contributed by atoms with Gasteiger partial charge in [0.05, 0.1) is 0 Å². The molecule has 258 valence electrons. The zero-order valence-corrected chi connectivity index (χ0v) is 29.7. The standard InChI is InChI=1S/C23H22O2.C23H20O.CH4O/c1-3-9-18-10-7-8-13-22(18)25-21-16-14-20(15-17-21)23(2,24)19-11-5-4-6-12-19;1-3-9-21-12-7-8-13-23(21)24-22-16-14-20(15-17-22)18(2)19-10-5-4-6-11-19;1-2/h3-17,24H,1-2H3;3-17H,2H2,1H3;2H,1H3/p+1. The number of hydrogen-bond donors (Lipinski definition) is 2. The lowest BCUT2D eigenvalue weighted by molar-refractivity contribution is 0.102. The van der Waals surface area contributed by atoms with E-state index in [2.05, 4.69) is 18.7 Å². The molecule has 0 fully saturated rings. The Morgan fingerprint density at radius 1 is 0.529 bits per heavy atom. The molecule has 0 spiro atoms. The molecule has 0 aliphatic heterocycles. The molecule has 1 unspecified atom stereocenters. The zero-order chi connectivity index (χ0) is 36.5. The Morgan fingerprint density at radius 2 is 0.902 bits per heavy atom. The van der Waals surface area contributed by atoms with Crippen LogP contribution in [0, 0.1) is 0 Å². The van der Waals surface area contributed by atoms with Gasteiger partial charge in [-0.25, -0.2) is 0 Å². The van der Waals surface area contributed by atoms with Crippen LogP contribution >= 0.6 is 0 Å². The maximum Gasteiger partial charge on any atom is 1.00 e. The third-order valence-corrected chi connectivity index (χ3v) is 8.06. The average Bonchev–Trinajstić information content (AvgIpc) is 3.18. The summed E-state index contributed by atoms with van der Waals surface area (Å²) >= 11 is 0. The van der Waals surface area contributed by atoms with Crippen LogP contribution in [0.1, 0.15) is 55.6 Å². The second kappa shape index (κ2) is 19.3. The maximum atomic E-state index is 10.9. The van der Waals surface area contributed by atoms with E-state index in [9.17, 15) is 5.11 Å². The van der Waals surface area contributed by atoms with E-state index in [4.69, 9.17) is 14.6 Å². The summed E-state index contributed by atoms with van der Waals surface area (Å²) in [5, 5.41) is 17.9. The van der Waals surface area contributed by atoms with Gasteiger partial charge in [0.15, 0.2) is 0 Å². The number of ether oxygens (including phenoxy) is 2. The van der Waals surface area contributed by atoms with Crippen molar-refractivity contribution in [3.8, 4) is 23.0 Å². The lowest BCUT2D eigenvalue weighted by atomic mass is 9.88. The van der Waals surface area contributed by atoms with Gasteiger partial charge in [-0.3, -0.25) is 0 Å². The third kappa shape index (κ3) is 10.5. The predicted molar refractivity (Wildman–Crippen MR) is 214 cm³/mol. The van der Waals surface area contributed by atoms with Crippen molar-refractivity contribution >= 4 is 17.7 Å². The Kier molecular flexibility index (Phi) is 14.3. The molecule has 2 N–H and O–H groups in total. The second-order valence-corrected chi connectivity index (χ2v) is 11.6. The number of para-hydroxylation sites is 2. The minimum Gasteiger partial charge on any atom is -0.457 e. The molecule has 0 aromatic heterocycles. The molecule has 0 heterocycles. The Morgan fingerprint density at radius 3 is 1.37 bits per heavy atom. The van der Waals surface area contributed by atoms with Crippen LogP contribution in [0.5, 0.6) is 23.0 Å². The molecule has 6 aromatic rings. The number of allylic oxidation sites excluding steroid dienone is 2. The van der Waals surface area contributed by atoms with Gasteiger partial charge in [-0.15, -0.1) is 0 Å². The number of rotatable bonds is 10. The van der Waals surface area contributed by atoms with E-state index in [1.54, 1.807) is 6.92 Å². The molecule has 1 atom stereocenters. The lowest BCUT2D eigenvalue weighted by Gasteiger charge is -2.24. The molecule has 51 heavy (non-hydrogen) atoms. The van der Waals surface area contributed by atoms with Gasteiger partial charge in [-0.05, 0) is 85.0 Å². The van der Waals surface area contributed by atoms with Gasteiger partial charge in [0.2, 0.25) is 0 Å². The number of aliphatic hydroxyl groups is 2. The smallest absolute Gasteiger partial charge is 0.457 e. The lowest BCUT2D eigenvalue weighted by Crippen LogP contribution is -2.22. The molecule has 0 amide bonds. The van der Waals surface area contributed by atoms with Crippen molar-refractivity contribution in [1.29, 1.82) is 0 Å². The van der Waals surface area contributed by atoms with Crippen molar-refractivity contribution in [2.24, 2.45) is 0 Å². The van der Waals surface area contributed by atoms with Crippen LogP contribution in [0.15, 0.2) is 176 Å². The molecule has 0 saturated carbocycles. The molecule has 4 heteroatoms. The van der Waals surface area contributed by atoms with Crippen molar-refractivity contribution in [3.05, 3.63) is 210 Å². The molecule has 0 aliphatic carbocycles. The van der Waals surface area contributed by atoms with Gasteiger partial charge in [-0.2, -0.15) is 0 Å². The van der Waals surface area contributed by atoms with Crippen molar-refractivity contribution in [3.63, 3.8) is 0 Å². The molecule has 0 bridgehead atoms. The van der Waals surface area contributed by atoms with Crippen LogP contribution in [0.3, 0.4) is 0 Å². The molecule has 0 radical (unpaired) electrons. The molecule has 0 aliphatic rings. The maximum absolute atomic E-state index is 10.9. The SMILES string of the molecule is C=C(c1ccccc1)c1ccc(Oc2ccccc2C=CC)cc1.CC=Cc1ccccc1Oc1ccc(C(C)(O)c2ccccc2)cc1.CO.[H+]. The highest BCUT2D eigenvalue weighted by molar-refractivity contribution is 5.78. The first-order chi connectivity index (χ1) is 24.9. The first-order valence-electron chi connectivity index (χ1n) is 16.9. The Hall–Kier alpha value is -5.94. The van der Waals surface area contributed by atoms with Gasteiger partial charge in [0.25, 0.3) is 0 Å². The van der Waals surface area contributed by atoms with Crippen LogP contribution in [0.4, 0.5) is 0 Å². The summed E-state index contributed by atoms with van der Waals surface area (Å²) in [5.74, 6) is 3.22. The van der Waals surface area contributed by atoms with E-state index in [1.807, 2.05) is 184 Å². The van der Waals surface area contributed by atoms with Crippen molar-refractivity contribution < 1.29 is 21.1 Å². The van der Waals surface area contributed by atoms with E-state index in [0.29, 0.717) is 0 Å². The highest BCUT2D eigenvalue weighted by atomic mass is 16.5. The molecule has 6 aromatic carbocycles. The Bertz CT molecular complexity index is 2000. The molecule has 6 rings (SSSR count). The van der Waals surface area contributed by atoms with Gasteiger partial charge in [0.1, 0.15) is 28.6 Å². The summed E-state index contributed by atoms with van der Waals surface area (Å²) in [6, 6.07) is 51.4.